The molecule has 140 valence electrons. The highest BCUT2D eigenvalue weighted by molar-refractivity contribution is 4.55. The third-order valence-electron chi connectivity index (χ3n) is 3.56. The van der Waals surface area contributed by atoms with Gasteiger partial charge in [-0.15, -0.1) is 0 Å². The van der Waals surface area contributed by atoms with Crippen LogP contribution in [0.25, 0.3) is 0 Å². The van der Waals surface area contributed by atoms with Crippen LogP contribution < -0.4 is 0 Å². The molecule has 0 aliphatic heterocycles. The molecule has 0 heterocycles. The molecule has 3 atom stereocenters. The van der Waals surface area contributed by atoms with E-state index >= 15 is 0 Å². The highest BCUT2D eigenvalue weighted by Gasteiger charge is 2.04. The van der Waals surface area contributed by atoms with Crippen molar-refractivity contribution >= 4 is 0 Å². The van der Waals surface area contributed by atoms with E-state index in [9.17, 15) is 0 Å². The van der Waals surface area contributed by atoms with Crippen LogP contribution >= 0.6 is 0 Å². The molecule has 0 aliphatic carbocycles. The fourth-order valence-corrected chi connectivity index (χ4v) is 1.41. The molecule has 3 nitrogen and oxygen atoms in total. The first-order chi connectivity index (χ1) is 9.54. The summed E-state index contributed by atoms with van der Waals surface area (Å²) in [5.41, 5.74) is 0. The summed E-state index contributed by atoms with van der Waals surface area (Å²) in [7, 11) is 0. The van der Waals surface area contributed by atoms with Gasteiger partial charge in [-0.25, -0.2) is 0 Å². The van der Waals surface area contributed by atoms with Gasteiger partial charge in [0.1, 0.15) is 0 Å². The largest absolute Gasteiger partial charge is 0.393 e. The first kappa shape index (κ1) is 29.8. The highest BCUT2D eigenvalue weighted by atomic mass is 16.3. The molecule has 0 aromatic heterocycles. The van der Waals surface area contributed by atoms with E-state index in [0.29, 0.717) is 17.8 Å². The van der Waals surface area contributed by atoms with Crippen LogP contribution in [-0.4, -0.2) is 33.6 Å². The molecule has 0 fully saturated rings. The van der Waals surface area contributed by atoms with Crippen LogP contribution in [0.1, 0.15) is 89.0 Å². The Morgan fingerprint density at radius 2 is 0.636 bits per heavy atom. The number of rotatable bonds is 6. The van der Waals surface area contributed by atoms with Crippen LogP contribution in [-0.2, 0) is 0 Å². The van der Waals surface area contributed by atoms with Gasteiger partial charge in [0.2, 0.25) is 0 Å². The van der Waals surface area contributed by atoms with Gasteiger partial charge in [0, 0.05) is 0 Å². The van der Waals surface area contributed by atoms with Crippen LogP contribution in [0, 0.1) is 17.8 Å². The molecule has 0 amide bonds. The number of hydrogen-bond acceptors (Lipinski definition) is 3. The third kappa shape index (κ3) is 22.2. The maximum atomic E-state index is 8.94. The molecular formula is C19H46O3. The monoisotopic (exact) mass is 322 g/mol. The molecule has 3 heteroatoms. The molecule has 0 saturated heterocycles. The molecule has 22 heavy (non-hydrogen) atoms. The SMILES string of the molecule is C.CCC(O)C(C)C.CC[C@@H](O)C(C)C.CC[C@H](O)C(C)C. The molecular weight excluding hydrogens is 276 g/mol. The second kappa shape index (κ2) is 18.9. The van der Waals surface area contributed by atoms with Crippen molar-refractivity contribution in [3.8, 4) is 0 Å². The van der Waals surface area contributed by atoms with E-state index in [0.717, 1.165) is 19.3 Å². The van der Waals surface area contributed by atoms with Gasteiger partial charge in [-0.3, -0.25) is 0 Å². The van der Waals surface area contributed by atoms with Gasteiger partial charge in [-0.2, -0.15) is 0 Å². The number of hydrogen-bond donors (Lipinski definition) is 3. The third-order valence-corrected chi connectivity index (χ3v) is 3.56. The van der Waals surface area contributed by atoms with E-state index in [-0.39, 0.29) is 25.7 Å². The zero-order valence-electron chi connectivity index (χ0n) is 15.9. The number of aliphatic hydroxyl groups excluding tert-OH is 3. The molecule has 0 saturated carbocycles. The Balaban J connectivity index is -0.000000108. The second-order valence-electron chi connectivity index (χ2n) is 6.66. The topological polar surface area (TPSA) is 60.7 Å². The summed E-state index contributed by atoms with van der Waals surface area (Å²) in [5, 5.41) is 26.8. The molecule has 1 unspecified atom stereocenters. The van der Waals surface area contributed by atoms with E-state index in [1.165, 1.54) is 0 Å². The number of aliphatic hydroxyl groups is 3. The summed E-state index contributed by atoms with van der Waals surface area (Å²) < 4.78 is 0. The van der Waals surface area contributed by atoms with Crippen LogP contribution in [0.2, 0.25) is 0 Å². The van der Waals surface area contributed by atoms with Crippen molar-refractivity contribution in [3.63, 3.8) is 0 Å². The first-order valence-corrected chi connectivity index (χ1v) is 8.58. The Labute approximate surface area is 141 Å². The minimum atomic E-state index is -0.0972. The Hall–Kier alpha value is -0.120. The zero-order chi connectivity index (χ0) is 17.6. The average Bonchev–Trinajstić information content (AvgIpc) is 2.45. The summed E-state index contributed by atoms with van der Waals surface area (Å²) in [6, 6.07) is 0. The van der Waals surface area contributed by atoms with Gasteiger partial charge in [0.05, 0.1) is 18.3 Å². The predicted octanol–water partition coefficient (Wildman–Crippen LogP) is 4.88. The van der Waals surface area contributed by atoms with Gasteiger partial charge < -0.3 is 15.3 Å². The normalized spacial score (nSPS) is 14.3. The minimum absolute atomic E-state index is 0. The maximum Gasteiger partial charge on any atom is 0.0560 e. The zero-order valence-corrected chi connectivity index (χ0v) is 15.9. The van der Waals surface area contributed by atoms with Gasteiger partial charge in [-0.1, -0.05) is 69.7 Å². The second-order valence-corrected chi connectivity index (χ2v) is 6.66. The quantitative estimate of drug-likeness (QED) is 0.653. The summed E-state index contributed by atoms with van der Waals surface area (Å²) in [4.78, 5) is 0. The molecule has 3 N–H and O–H groups in total. The van der Waals surface area contributed by atoms with Crippen molar-refractivity contribution in [2.45, 2.75) is 107 Å². The molecule has 0 aromatic carbocycles. The van der Waals surface area contributed by atoms with Crippen molar-refractivity contribution in [2.75, 3.05) is 0 Å². The van der Waals surface area contributed by atoms with E-state index in [4.69, 9.17) is 15.3 Å². The Bertz CT molecular complexity index is 158. The van der Waals surface area contributed by atoms with Gasteiger partial charge >= 0.3 is 0 Å². The molecule has 0 bridgehead atoms. The van der Waals surface area contributed by atoms with E-state index in [2.05, 4.69) is 0 Å². The maximum absolute atomic E-state index is 8.94. The predicted molar refractivity (Wildman–Crippen MR) is 100 cm³/mol. The Morgan fingerprint density at radius 3 is 0.636 bits per heavy atom. The fourth-order valence-electron chi connectivity index (χ4n) is 1.41. The Morgan fingerprint density at radius 1 is 0.500 bits per heavy atom. The van der Waals surface area contributed by atoms with Crippen LogP contribution in [0.5, 0.6) is 0 Å². The smallest absolute Gasteiger partial charge is 0.0560 e. The van der Waals surface area contributed by atoms with E-state index < -0.39 is 0 Å². The first-order valence-electron chi connectivity index (χ1n) is 8.58. The molecule has 0 aliphatic rings. The van der Waals surface area contributed by atoms with Crippen molar-refractivity contribution in [3.05, 3.63) is 0 Å². The lowest BCUT2D eigenvalue weighted by Gasteiger charge is -2.09. The van der Waals surface area contributed by atoms with E-state index in [1.54, 1.807) is 0 Å². The summed E-state index contributed by atoms with van der Waals surface area (Å²) in [6.07, 6.45) is 2.33. The average molecular weight is 323 g/mol. The highest BCUT2D eigenvalue weighted by Crippen LogP contribution is 2.04. The van der Waals surface area contributed by atoms with Gasteiger partial charge in [-0.05, 0) is 37.0 Å². The Kier molecular flexibility index (Phi) is 25.7. The van der Waals surface area contributed by atoms with Crippen molar-refractivity contribution in [1.82, 2.24) is 0 Å². The van der Waals surface area contributed by atoms with Crippen molar-refractivity contribution < 1.29 is 15.3 Å². The van der Waals surface area contributed by atoms with Crippen molar-refractivity contribution in [1.29, 1.82) is 0 Å². The summed E-state index contributed by atoms with van der Waals surface area (Å²) >= 11 is 0. The lowest BCUT2D eigenvalue weighted by atomic mass is 10.1. The minimum Gasteiger partial charge on any atom is -0.393 e. The molecule has 0 aromatic rings. The standard InChI is InChI=1S/3C6H14O.CH4/c3*1-4-6(7)5(2)3;/h3*5-7H,4H2,1-3H3;1H4/t2*6-;;/m10../s1. The summed E-state index contributed by atoms with van der Waals surface area (Å²) in [5.74, 6) is 1.26. The van der Waals surface area contributed by atoms with Gasteiger partial charge in [0.15, 0.2) is 0 Å². The van der Waals surface area contributed by atoms with E-state index in [1.807, 2.05) is 62.3 Å². The molecule has 0 rings (SSSR count). The molecule has 0 spiro atoms. The van der Waals surface area contributed by atoms with Crippen LogP contribution in [0.3, 0.4) is 0 Å². The summed E-state index contributed by atoms with van der Waals surface area (Å²) in [6.45, 7) is 18.1. The van der Waals surface area contributed by atoms with Crippen LogP contribution in [0.15, 0.2) is 0 Å². The van der Waals surface area contributed by atoms with Gasteiger partial charge in [0.25, 0.3) is 0 Å². The molecule has 0 radical (unpaired) electrons. The lowest BCUT2D eigenvalue weighted by Crippen LogP contribution is -2.11. The fraction of sp³-hybridized carbons (Fsp3) is 1.00. The van der Waals surface area contributed by atoms with Crippen LogP contribution in [0.4, 0.5) is 0 Å². The van der Waals surface area contributed by atoms with Crippen molar-refractivity contribution in [2.24, 2.45) is 17.8 Å². The lowest BCUT2D eigenvalue weighted by molar-refractivity contribution is 0.121.